The molecule has 0 aliphatic heterocycles. The highest BCUT2D eigenvalue weighted by Gasteiger charge is 2.11. The van der Waals surface area contributed by atoms with Crippen LogP contribution in [0.3, 0.4) is 0 Å². The number of nitrogens with zero attached hydrogens (tertiary/aromatic N) is 5. The smallest absolute Gasteiger partial charge is 0.340 e. The number of tetrazole rings is 1. The number of aromatic nitrogens is 4. The average molecular weight is 323 g/mol. The molecule has 0 amide bonds. The first kappa shape index (κ1) is 15.3. The van der Waals surface area contributed by atoms with Crippen molar-refractivity contribution in [2.24, 2.45) is 0 Å². The molecule has 1 heterocycles. The van der Waals surface area contributed by atoms with Gasteiger partial charge in [-0.3, -0.25) is 10.1 Å². The molecule has 120 valence electrons. The van der Waals surface area contributed by atoms with E-state index in [-0.39, 0.29) is 11.7 Å². The van der Waals surface area contributed by atoms with Crippen LogP contribution in [0.25, 0.3) is 11.8 Å². The largest absolute Gasteiger partial charge is 0.458 e. The Kier molecular flexibility index (Phi) is 4.57. The van der Waals surface area contributed by atoms with Gasteiger partial charge in [-0.2, -0.15) is 4.68 Å². The van der Waals surface area contributed by atoms with Crippen molar-refractivity contribution in [2.45, 2.75) is 0 Å². The predicted molar refractivity (Wildman–Crippen MR) is 86.8 cm³/mol. The molecule has 24 heavy (non-hydrogen) atoms. The number of ether oxygens (including phenoxy) is 1. The molecule has 1 aromatic heterocycles. The van der Waals surface area contributed by atoms with Gasteiger partial charge >= 0.3 is 6.01 Å². The molecule has 0 saturated heterocycles. The van der Waals surface area contributed by atoms with E-state index in [1.54, 1.807) is 12.1 Å². The van der Waals surface area contributed by atoms with Crippen molar-refractivity contribution in [3.05, 3.63) is 76.4 Å². The van der Waals surface area contributed by atoms with Crippen LogP contribution in [0, 0.1) is 10.1 Å². The maximum atomic E-state index is 10.7. The third-order valence-electron chi connectivity index (χ3n) is 3.16. The summed E-state index contributed by atoms with van der Waals surface area (Å²) in [7, 11) is 0. The van der Waals surface area contributed by atoms with Crippen LogP contribution in [0.5, 0.6) is 6.01 Å². The van der Waals surface area contributed by atoms with Gasteiger partial charge in [-0.1, -0.05) is 41.5 Å². The molecule has 8 nitrogen and oxygen atoms in total. The van der Waals surface area contributed by atoms with E-state index in [0.717, 1.165) is 5.56 Å². The molecule has 3 rings (SSSR count). The van der Waals surface area contributed by atoms with E-state index < -0.39 is 4.92 Å². The van der Waals surface area contributed by atoms with Gasteiger partial charge in [-0.05, 0) is 34.2 Å². The summed E-state index contributed by atoms with van der Waals surface area (Å²) in [6.07, 6.45) is 3.78. The lowest BCUT2D eigenvalue weighted by Crippen LogP contribution is -2.04. The Morgan fingerprint density at radius 3 is 2.58 bits per heavy atom. The van der Waals surface area contributed by atoms with Crippen LogP contribution in [0.4, 0.5) is 5.69 Å². The summed E-state index contributed by atoms with van der Waals surface area (Å²) >= 11 is 0. The highest BCUT2D eigenvalue weighted by Crippen LogP contribution is 2.17. The number of nitro groups is 1. The van der Waals surface area contributed by atoms with Gasteiger partial charge in [0.1, 0.15) is 6.61 Å². The summed E-state index contributed by atoms with van der Waals surface area (Å²) in [4.78, 5) is 10.2. The lowest BCUT2D eigenvalue weighted by molar-refractivity contribution is -0.384. The number of non-ortho nitro benzene ring substituents is 1. The fourth-order valence-corrected chi connectivity index (χ4v) is 2.02. The Morgan fingerprint density at radius 1 is 1.12 bits per heavy atom. The standard InChI is InChI=1S/C16H13N5O3/c22-21(23)15-10-8-14(9-11-15)20-16(17-18-19-20)24-12-4-7-13-5-2-1-3-6-13/h1-11H,12H2/b7-4+. The molecule has 0 saturated carbocycles. The number of rotatable bonds is 6. The summed E-state index contributed by atoms with van der Waals surface area (Å²) in [6, 6.07) is 15.9. The van der Waals surface area contributed by atoms with E-state index in [1.807, 2.05) is 42.5 Å². The summed E-state index contributed by atoms with van der Waals surface area (Å²) in [5.41, 5.74) is 1.64. The molecule has 0 fully saturated rings. The van der Waals surface area contributed by atoms with Gasteiger partial charge < -0.3 is 4.74 Å². The first-order valence-electron chi connectivity index (χ1n) is 7.11. The van der Waals surface area contributed by atoms with Crippen LogP contribution in [-0.4, -0.2) is 31.7 Å². The maximum Gasteiger partial charge on any atom is 0.340 e. The Balaban J connectivity index is 1.67. The van der Waals surface area contributed by atoms with Crippen LogP contribution in [0.15, 0.2) is 60.7 Å². The quantitative estimate of drug-likeness (QED) is 0.511. The maximum absolute atomic E-state index is 10.7. The number of hydrogen-bond donors (Lipinski definition) is 0. The van der Waals surface area contributed by atoms with Gasteiger partial charge in [-0.25, -0.2) is 0 Å². The van der Waals surface area contributed by atoms with Gasteiger partial charge in [0.25, 0.3) is 5.69 Å². The van der Waals surface area contributed by atoms with Gasteiger partial charge in [0.05, 0.1) is 10.6 Å². The van der Waals surface area contributed by atoms with Crippen LogP contribution in [0.2, 0.25) is 0 Å². The summed E-state index contributed by atoms with van der Waals surface area (Å²) < 4.78 is 6.91. The van der Waals surface area contributed by atoms with E-state index in [1.165, 1.54) is 16.8 Å². The van der Waals surface area contributed by atoms with Crippen molar-refractivity contribution in [1.82, 2.24) is 20.2 Å². The lowest BCUT2D eigenvalue weighted by atomic mass is 10.2. The average Bonchev–Trinajstić information content (AvgIpc) is 3.08. The molecule has 0 unspecified atom stereocenters. The third kappa shape index (κ3) is 3.61. The van der Waals surface area contributed by atoms with Crippen molar-refractivity contribution in [1.29, 1.82) is 0 Å². The monoisotopic (exact) mass is 323 g/mol. The molecular formula is C16H13N5O3. The van der Waals surface area contributed by atoms with Crippen molar-refractivity contribution < 1.29 is 9.66 Å². The minimum absolute atomic E-state index is 0.0000808. The molecule has 0 N–H and O–H groups in total. The topological polar surface area (TPSA) is 96.0 Å². The predicted octanol–water partition coefficient (Wildman–Crippen LogP) is 2.66. The summed E-state index contributed by atoms with van der Waals surface area (Å²) in [5, 5.41) is 21.9. The van der Waals surface area contributed by atoms with Crippen LogP contribution < -0.4 is 4.74 Å². The molecule has 0 atom stereocenters. The number of benzene rings is 2. The van der Waals surface area contributed by atoms with Gasteiger partial charge in [-0.15, -0.1) is 0 Å². The molecule has 0 aliphatic rings. The molecule has 0 aliphatic carbocycles. The molecule has 3 aromatic rings. The minimum Gasteiger partial charge on any atom is -0.458 e. The molecular weight excluding hydrogens is 310 g/mol. The van der Waals surface area contributed by atoms with Crippen molar-refractivity contribution in [2.75, 3.05) is 6.61 Å². The number of hydrogen-bond acceptors (Lipinski definition) is 6. The molecule has 0 bridgehead atoms. The Labute approximate surface area is 137 Å². The Hall–Kier alpha value is -3.55. The Bertz CT molecular complexity index is 844. The van der Waals surface area contributed by atoms with Gasteiger partial charge in [0.2, 0.25) is 0 Å². The van der Waals surface area contributed by atoms with Crippen LogP contribution in [-0.2, 0) is 0 Å². The van der Waals surface area contributed by atoms with Gasteiger partial charge in [0.15, 0.2) is 0 Å². The minimum atomic E-state index is -0.463. The summed E-state index contributed by atoms with van der Waals surface area (Å²) in [6.45, 7) is 0.294. The second kappa shape index (κ2) is 7.14. The first-order chi connectivity index (χ1) is 11.7. The first-order valence-corrected chi connectivity index (χ1v) is 7.11. The molecule has 8 heteroatoms. The van der Waals surface area contributed by atoms with E-state index in [9.17, 15) is 10.1 Å². The van der Waals surface area contributed by atoms with Crippen LogP contribution >= 0.6 is 0 Å². The third-order valence-corrected chi connectivity index (χ3v) is 3.16. The fourth-order valence-electron chi connectivity index (χ4n) is 2.02. The SMILES string of the molecule is O=[N+]([O-])c1ccc(-n2nnnc2OC/C=C/c2ccccc2)cc1. The van der Waals surface area contributed by atoms with Crippen LogP contribution in [0.1, 0.15) is 5.56 Å². The fraction of sp³-hybridized carbons (Fsp3) is 0.0625. The molecule has 0 radical (unpaired) electrons. The zero-order valence-corrected chi connectivity index (χ0v) is 12.5. The number of nitro benzene ring substituents is 1. The highest BCUT2D eigenvalue weighted by atomic mass is 16.6. The normalized spacial score (nSPS) is 10.8. The molecule has 2 aromatic carbocycles. The van der Waals surface area contributed by atoms with E-state index >= 15 is 0 Å². The van der Waals surface area contributed by atoms with Crippen molar-refractivity contribution in [3.63, 3.8) is 0 Å². The second-order valence-electron chi connectivity index (χ2n) is 4.77. The van der Waals surface area contributed by atoms with Gasteiger partial charge in [0, 0.05) is 12.1 Å². The highest BCUT2D eigenvalue weighted by molar-refractivity contribution is 5.48. The van der Waals surface area contributed by atoms with E-state index in [2.05, 4.69) is 15.5 Å². The summed E-state index contributed by atoms with van der Waals surface area (Å²) in [5.74, 6) is 0. The van der Waals surface area contributed by atoms with E-state index in [0.29, 0.717) is 12.3 Å². The zero-order valence-electron chi connectivity index (χ0n) is 12.5. The van der Waals surface area contributed by atoms with Crippen molar-refractivity contribution in [3.8, 4) is 11.7 Å². The second-order valence-corrected chi connectivity index (χ2v) is 4.77. The zero-order chi connectivity index (χ0) is 16.8. The Morgan fingerprint density at radius 2 is 1.88 bits per heavy atom. The lowest BCUT2D eigenvalue weighted by Gasteiger charge is -2.04. The van der Waals surface area contributed by atoms with Crippen molar-refractivity contribution >= 4 is 11.8 Å². The van der Waals surface area contributed by atoms with E-state index in [4.69, 9.17) is 4.74 Å². The molecule has 0 spiro atoms.